The van der Waals surface area contributed by atoms with E-state index >= 15 is 0 Å². The zero-order valence-electron chi connectivity index (χ0n) is 9.94. The van der Waals surface area contributed by atoms with Crippen molar-refractivity contribution in [1.82, 2.24) is 4.98 Å². The minimum absolute atomic E-state index is 0.0525. The van der Waals surface area contributed by atoms with Gasteiger partial charge in [-0.3, -0.25) is 4.98 Å². The largest absolute Gasteiger partial charge is 0.377 e. The van der Waals surface area contributed by atoms with Crippen molar-refractivity contribution in [2.24, 2.45) is 0 Å². The van der Waals surface area contributed by atoms with Gasteiger partial charge in [0.15, 0.2) is 0 Å². The topological polar surface area (TPSA) is 24.9 Å². The van der Waals surface area contributed by atoms with Crippen molar-refractivity contribution < 1.29 is 4.39 Å². The third kappa shape index (κ3) is 2.61. The molecule has 1 N–H and O–H groups in total. The number of benzene rings is 1. The van der Waals surface area contributed by atoms with E-state index in [-0.39, 0.29) is 11.9 Å². The summed E-state index contributed by atoms with van der Waals surface area (Å²) >= 11 is 0. The molecule has 0 aliphatic rings. The second-order valence-electron chi connectivity index (χ2n) is 4.03. The number of aromatic nitrogens is 1. The van der Waals surface area contributed by atoms with E-state index in [0.29, 0.717) is 5.56 Å². The Balaban J connectivity index is 2.19. The van der Waals surface area contributed by atoms with Gasteiger partial charge in [-0.2, -0.15) is 0 Å². The normalized spacial score (nSPS) is 12.2. The highest BCUT2D eigenvalue weighted by Crippen LogP contribution is 2.22. The third-order valence-corrected chi connectivity index (χ3v) is 2.77. The van der Waals surface area contributed by atoms with Crippen LogP contribution in [-0.2, 0) is 0 Å². The lowest BCUT2D eigenvalue weighted by molar-refractivity contribution is 0.618. The number of rotatable bonds is 3. The third-order valence-electron chi connectivity index (χ3n) is 2.77. The van der Waals surface area contributed by atoms with Gasteiger partial charge in [-0.1, -0.05) is 12.1 Å². The molecule has 0 amide bonds. The molecule has 0 radical (unpaired) electrons. The van der Waals surface area contributed by atoms with E-state index in [9.17, 15) is 4.39 Å². The molecule has 1 unspecified atom stereocenters. The number of pyridine rings is 1. The molecule has 2 rings (SSSR count). The summed E-state index contributed by atoms with van der Waals surface area (Å²) in [5.41, 5.74) is 2.38. The molecule has 1 heterocycles. The van der Waals surface area contributed by atoms with E-state index in [0.717, 1.165) is 11.4 Å². The molecule has 0 fully saturated rings. The lowest BCUT2D eigenvalue weighted by Gasteiger charge is -2.16. The molecule has 1 aromatic carbocycles. The van der Waals surface area contributed by atoms with Crippen LogP contribution in [0.25, 0.3) is 0 Å². The maximum absolute atomic E-state index is 13.4. The molecule has 0 aliphatic carbocycles. The lowest BCUT2D eigenvalue weighted by atomic mass is 10.1. The highest BCUT2D eigenvalue weighted by Gasteiger charge is 2.09. The number of halogens is 1. The van der Waals surface area contributed by atoms with Crippen LogP contribution >= 0.6 is 0 Å². The summed E-state index contributed by atoms with van der Waals surface area (Å²) in [5.74, 6) is -0.191. The van der Waals surface area contributed by atoms with Crippen molar-refractivity contribution >= 4 is 5.69 Å². The Labute approximate surface area is 101 Å². The fourth-order valence-electron chi connectivity index (χ4n) is 1.70. The Kier molecular flexibility index (Phi) is 3.38. The van der Waals surface area contributed by atoms with Crippen molar-refractivity contribution in [3.63, 3.8) is 0 Å². The fraction of sp³-hybridized carbons (Fsp3) is 0.214. The first-order valence-corrected chi connectivity index (χ1v) is 5.61. The molecule has 0 aliphatic heterocycles. The highest BCUT2D eigenvalue weighted by atomic mass is 19.1. The van der Waals surface area contributed by atoms with Gasteiger partial charge in [0.1, 0.15) is 5.82 Å². The molecule has 2 nitrogen and oxygen atoms in total. The molecule has 1 aromatic heterocycles. The van der Waals surface area contributed by atoms with Crippen LogP contribution in [0.1, 0.15) is 24.2 Å². The van der Waals surface area contributed by atoms with Gasteiger partial charge in [0.2, 0.25) is 0 Å². The van der Waals surface area contributed by atoms with Gasteiger partial charge >= 0.3 is 0 Å². The van der Waals surface area contributed by atoms with Crippen LogP contribution in [0.3, 0.4) is 0 Å². The summed E-state index contributed by atoms with van der Waals surface area (Å²) in [5, 5.41) is 3.26. The van der Waals surface area contributed by atoms with Crippen LogP contribution in [0.5, 0.6) is 0 Å². The molecule has 1 atom stereocenters. The smallest absolute Gasteiger partial charge is 0.128 e. The number of anilines is 1. The van der Waals surface area contributed by atoms with Gasteiger partial charge in [-0.05, 0) is 38.1 Å². The second-order valence-corrected chi connectivity index (χ2v) is 4.03. The Morgan fingerprint density at radius 2 is 2.00 bits per heavy atom. The molecule has 0 saturated heterocycles. The van der Waals surface area contributed by atoms with Gasteiger partial charge in [0, 0.05) is 17.4 Å². The van der Waals surface area contributed by atoms with Crippen LogP contribution in [-0.4, -0.2) is 4.98 Å². The van der Waals surface area contributed by atoms with Crippen LogP contribution in [0, 0.1) is 12.7 Å². The summed E-state index contributed by atoms with van der Waals surface area (Å²) in [6, 6.07) is 10.9. The van der Waals surface area contributed by atoms with Crippen LogP contribution in [0.2, 0.25) is 0 Å². The van der Waals surface area contributed by atoms with Gasteiger partial charge in [0.05, 0.1) is 11.7 Å². The maximum Gasteiger partial charge on any atom is 0.128 e. The van der Waals surface area contributed by atoms with E-state index in [1.807, 2.05) is 31.2 Å². The Morgan fingerprint density at radius 1 is 1.18 bits per heavy atom. The predicted octanol–water partition coefficient (Wildman–Crippen LogP) is 3.70. The van der Waals surface area contributed by atoms with E-state index in [1.165, 1.54) is 6.07 Å². The van der Waals surface area contributed by atoms with E-state index in [4.69, 9.17) is 0 Å². The SMILES string of the molecule is Cc1c(F)cccc1NC(C)c1ccccn1. The van der Waals surface area contributed by atoms with Crippen molar-refractivity contribution in [1.29, 1.82) is 0 Å². The lowest BCUT2D eigenvalue weighted by Crippen LogP contribution is -2.09. The molecule has 0 spiro atoms. The fourth-order valence-corrected chi connectivity index (χ4v) is 1.70. The van der Waals surface area contributed by atoms with Crippen LogP contribution < -0.4 is 5.32 Å². The first-order chi connectivity index (χ1) is 8.18. The quantitative estimate of drug-likeness (QED) is 0.869. The first-order valence-electron chi connectivity index (χ1n) is 5.61. The minimum Gasteiger partial charge on any atom is -0.377 e. The molecule has 0 bridgehead atoms. The first kappa shape index (κ1) is 11.6. The summed E-state index contributed by atoms with van der Waals surface area (Å²) in [4.78, 5) is 4.27. The maximum atomic E-state index is 13.4. The van der Waals surface area contributed by atoms with Crippen molar-refractivity contribution in [3.8, 4) is 0 Å². The summed E-state index contributed by atoms with van der Waals surface area (Å²) in [6.45, 7) is 3.77. The number of hydrogen-bond donors (Lipinski definition) is 1. The zero-order valence-corrected chi connectivity index (χ0v) is 9.94. The van der Waals surface area contributed by atoms with E-state index in [1.54, 1.807) is 19.2 Å². The number of hydrogen-bond acceptors (Lipinski definition) is 2. The molecule has 3 heteroatoms. The second kappa shape index (κ2) is 4.95. The van der Waals surface area contributed by atoms with Gasteiger partial charge in [-0.15, -0.1) is 0 Å². The van der Waals surface area contributed by atoms with E-state index in [2.05, 4.69) is 10.3 Å². The predicted molar refractivity (Wildman–Crippen MR) is 67.4 cm³/mol. The van der Waals surface area contributed by atoms with Gasteiger partial charge in [-0.25, -0.2) is 4.39 Å². The number of nitrogens with zero attached hydrogens (tertiary/aromatic N) is 1. The van der Waals surface area contributed by atoms with Crippen molar-refractivity contribution in [3.05, 3.63) is 59.7 Å². The molecule has 17 heavy (non-hydrogen) atoms. The molecular weight excluding hydrogens is 215 g/mol. The monoisotopic (exact) mass is 230 g/mol. The Morgan fingerprint density at radius 3 is 2.71 bits per heavy atom. The van der Waals surface area contributed by atoms with Gasteiger partial charge in [0.25, 0.3) is 0 Å². The molecule has 88 valence electrons. The summed E-state index contributed by atoms with van der Waals surface area (Å²) < 4.78 is 13.4. The highest BCUT2D eigenvalue weighted by molar-refractivity contribution is 5.52. The van der Waals surface area contributed by atoms with Crippen LogP contribution in [0.4, 0.5) is 10.1 Å². The van der Waals surface area contributed by atoms with E-state index < -0.39 is 0 Å². The zero-order chi connectivity index (χ0) is 12.3. The minimum atomic E-state index is -0.191. The molecule has 0 saturated carbocycles. The van der Waals surface area contributed by atoms with Crippen LogP contribution in [0.15, 0.2) is 42.6 Å². The van der Waals surface area contributed by atoms with Crippen molar-refractivity contribution in [2.75, 3.05) is 5.32 Å². The molecule has 2 aromatic rings. The molecular formula is C14H15FN2. The Bertz CT molecular complexity index is 497. The van der Waals surface area contributed by atoms with Gasteiger partial charge < -0.3 is 5.32 Å². The number of nitrogens with one attached hydrogen (secondary N) is 1. The standard InChI is InChI=1S/C14H15FN2/c1-10-12(15)6-5-8-13(10)17-11(2)14-7-3-4-9-16-14/h3-9,11,17H,1-2H3. The summed E-state index contributed by atoms with van der Waals surface area (Å²) in [7, 11) is 0. The average molecular weight is 230 g/mol. The Hall–Kier alpha value is -1.90. The van der Waals surface area contributed by atoms with Crippen molar-refractivity contribution in [2.45, 2.75) is 19.9 Å². The average Bonchev–Trinajstić information content (AvgIpc) is 2.36. The summed E-state index contributed by atoms with van der Waals surface area (Å²) in [6.07, 6.45) is 1.76.